The summed E-state index contributed by atoms with van der Waals surface area (Å²) >= 11 is 0. The van der Waals surface area contributed by atoms with Gasteiger partial charge in [0.25, 0.3) is 0 Å². The van der Waals surface area contributed by atoms with Gasteiger partial charge in [0.05, 0.1) is 17.6 Å². The molecule has 0 bridgehead atoms. The lowest BCUT2D eigenvalue weighted by Gasteiger charge is -2.20. The molecule has 4 heteroatoms. The lowest BCUT2D eigenvalue weighted by molar-refractivity contribution is 0.413. The van der Waals surface area contributed by atoms with Crippen molar-refractivity contribution < 1.29 is 4.39 Å². The van der Waals surface area contributed by atoms with Gasteiger partial charge in [0.2, 0.25) is 0 Å². The Morgan fingerprint density at radius 2 is 2.06 bits per heavy atom. The van der Waals surface area contributed by atoms with E-state index in [0.717, 1.165) is 23.4 Å². The Hall–Kier alpha value is -1.42. The van der Waals surface area contributed by atoms with Crippen molar-refractivity contribution in [1.29, 1.82) is 0 Å². The Kier molecular flexibility index (Phi) is 3.39. The average Bonchev–Trinajstić information content (AvgIpc) is 2.62. The van der Waals surface area contributed by atoms with E-state index < -0.39 is 0 Å². The van der Waals surface area contributed by atoms with Gasteiger partial charge in [-0.25, -0.2) is 9.37 Å². The molecule has 0 atom stereocenters. The fraction of sp³-hybridized carbons (Fsp3) is 0.500. The van der Waals surface area contributed by atoms with E-state index in [9.17, 15) is 4.39 Å². The molecule has 3 nitrogen and oxygen atoms in total. The van der Waals surface area contributed by atoms with Crippen molar-refractivity contribution >= 4 is 11.0 Å². The summed E-state index contributed by atoms with van der Waals surface area (Å²) in [6.45, 7) is 9.95. The average molecular weight is 249 g/mol. The molecular formula is C14H20FN3. The number of nitrogens with zero attached hydrogens (tertiary/aromatic N) is 2. The summed E-state index contributed by atoms with van der Waals surface area (Å²) in [7, 11) is 0. The van der Waals surface area contributed by atoms with E-state index in [-0.39, 0.29) is 11.4 Å². The Bertz CT molecular complexity index is 552. The van der Waals surface area contributed by atoms with Crippen LogP contribution >= 0.6 is 0 Å². The fourth-order valence-electron chi connectivity index (χ4n) is 1.98. The summed E-state index contributed by atoms with van der Waals surface area (Å²) in [5, 5.41) is 3.41. The van der Waals surface area contributed by atoms with Crippen LogP contribution in [0.5, 0.6) is 0 Å². The highest BCUT2D eigenvalue weighted by Crippen LogP contribution is 2.18. The zero-order valence-corrected chi connectivity index (χ0v) is 11.4. The number of imidazole rings is 1. The van der Waals surface area contributed by atoms with Crippen molar-refractivity contribution in [2.75, 3.05) is 0 Å². The second kappa shape index (κ2) is 4.69. The molecule has 0 amide bonds. The van der Waals surface area contributed by atoms with Gasteiger partial charge in [-0.05, 0) is 39.8 Å². The predicted molar refractivity (Wildman–Crippen MR) is 72.0 cm³/mol. The zero-order valence-electron chi connectivity index (χ0n) is 11.4. The summed E-state index contributed by atoms with van der Waals surface area (Å²) in [5.41, 5.74) is 1.76. The minimum atomic E-state index is -0.237. The topological polar surface area (TPSA) is 29.9 Å². The number of nitrogens with one attached hydrogen (secondary N) is 1. The van der Waals surface area contributed by atoms with Crippen LogP contribution in [-0.2, 0) is 13.1 Å². The molecule has 0 aliphatic carbocycles. The first-order valence-electron chi connectivity index (χ1n) is 6.30. The second-order valence-electron chi connectivity index (χ2n) is 5.51. The SMILES string of the molecule is CCn1c(CNC(C)(C)C)nc2cc(F)ccc21. The van der Waals surface area contributed by atoms with Crippen LogP contribution in [0.4, 0.5) is 4.39 Å². The van der Waals surface area contributed by atoms with E-state index in [1.807, 2.05) is 0 Å². The molecular weight excluding hydrogens is 229 g/mol. The Labute approximate surface area is 107 Å². The molecule has 0 aliphatic rings. The highest BCUT2D eigenvalue weighted by Gasteiger charge is 2.13. The smallest absolute Gasteiger partial charge is 0.125 e. The number of aromatic nitrogens is 2. The number of aryl methyl sites for hydroxylation is 1. The van der Waals surface area contributed by atoms with Gasteiger partial charge in [0, 0.05) is 18.2 Å². The van der Waals surface area contributed by atoms with Gasteiger partial charge in [-0.2, -0.15) is 0 Å². The minimum absolute atomic E-state index is 0.0436. The highest BCUT2D eigenvalue weighted by atomic mass is 19.1. The van der Waals surface area contributed by atoms with Crippen molar-refractivity contribution in [3.05, 3.63) is 29.8 Å². The number of rotatable bonds is 3. The quantitative estimate of drug-likeness (QED) is 0.906. The van der Waals surface area contributed by atoms with Gasteiger partial charge >= 0.3 is 0 Å². The Morgan fingerprint density at radius 1 is 1.33 bits per heavy atom. The van der Waals surface area contributed by atoms with E-state index in [2.05, 4.69) is 42.6 Å². The molecule has 0 unspecified atom stereocenters. The van der Waals surface area contributed by atoms with Crippen LogP contribution in [0.25, 0.3) is 11.0 Å². The molecule has 0 saturated carbocycles. The maximum absolute atomic E-state index is 13.2. The number of hydrogen-bond acceptors (Lipinski definition) is 2. The van der Waals surface area contributed by atoms with Crippen molar-refractivity contribution in [3.8, 4) is 0 Å². The summed E-state index contributed by atoms with van der Waals surface area (Å²) < 4.78 is 15.3. The molecule has 0 saturated heterocycles. The van der Waals surface area contributed by atoms with Crippen molar-refractivity contribution in [2.45, 2.75) is 46.3 Å². The normalized spacial score (nSPS) is 12.3. The van der Waals surface area contributed by atoms with Gasteiger partial charge in [-0.1, -0.05) is 0 Å². The summed E-state index contributed by atoms with van der Waals surface area (Å²) in [4.78, 5) is 4.51. The lowest BCUT2D eigenvalue weighted by atomic mass is 10.1. The standard InChI is InChI=1S/C14H20FN3/c1-5-18-12-7-6-10(15)8-11(12)17-13(18)9-16-14(2,3)4/h6-8,16H,5,9H2,1-4H3. The molecule has 1 N–H and O–H groups in total. The van der Waals surface area contributed by atoms with E-state index in [1.54, 1.807) is 6.07 Å². The van der Waals surface area contributed by atoms with Crippen LogP contribution in [0.1, 0.15) is 33.5 Å². The molecule has 0 aliphatic heterocycles. The third-order valence-electron chi connectivity index (χ3n) is 2.88. The molecule has 0 fully saturated rings. The van der Waals surface area contributed by atoms with Gasteiger partial charge in [-0.3, -0.25) is 0 Å². The molecule has 0 radical (unpaired) electrons. The van der Waals surface area contributed by atoms with Gasteiger partial charge in [0.1, 0.15) is 11.6 Å². The number of halogens is 1. The molecule has 1 aromatic heterocycles. The van der Waals surface area contributed by atoms with E-state index in [1.165, 1.54) is 12.1 Å². The van der Waals surface area contributed by atoms with E-state index >= 15 is 0 Å². The first-order valence-corrected chi connectivity index (χ1v) is 6.30. The van der Waals surface area contributed by atoms with Crippen molar-refractivity contribution in [3.63, 3.8) is 0 Å². The Balaban J connectivity index is 2.38. The number of benzene rings is 1. The maximum atomic E-state index is 13.2. The molecule has 0 spiro atoms. The van der Waals surface area contributed by atoms with Crippen LogP contribution in [0, 0.1) is 5.82 Å². The number of hydrogen-bond donors (Lipinski definition) is 1. The maximum Gasteiger partial charge on any atom is 0.125 e. The van der Waals surface area contributed by atoms with Gasteiger partial charge in [0.15, 0.2) is 0 Å². The fourth-order valence-corrected chi connectivity index (χ4v) is 1.98. The summed E-state index contributed by atoms with van der Waals surface area (Å²) in [6.07, 6.45) is 0. The van der Waals surface area contributed by atoms with E-state index in [0.29, 0.717) is 6.54 Å². The Morgan fingerprint density at radius 3 is 2.67 bits per heavy atom. The van der Waals surface area contributed by atoms with E-state index in [4.69, 9.17) is 0 Å². The van der Waals surface area contributed by atoms with Crippen LogP contribution in [0.3, 0.4) is 0 Å². The monoisotopic (exact) mass is 249 g/mol. The third-order valence-corrected chi connectivity index (χ3v) is 2.88. The second-order valence-corrected chi connectivity index (χ2v) is 5.51. The summed E-state index contributed by atoms with van der Waals surface area (Å²) in [6, 6.07) is 4.76. The largest absolute Gasteiger partial charge is 0.327 e. The van der Waals surface area contributed by atoms with Gasteiger partial charge in [-0.15, -0.1) is 0 Å². The van der Waals surface area contributed by atoms with Crippen molar-refractivity contribution in [1.82, 2.24) is 14.9 Å². The molecule has 98 valence electrons. The van der Waals surface area contributed by atoms with Crippen molar-refractivity contribution in [2.24, 2.45) is 0 Å². The van der Waals surface area contributed by atoms with Crippen LogP contribution in [0.2, 0.25) is 0 Å². The zero-order chi connectivity index (χ0) is 13.3. The van der Waals surface area contributed by atoms with Crippen LogP contribution in [-0.4, -0.2) is 15.1 Å². The first kappa shape index (κ1) is 13.0. The van der Waals surface area contributed by atoms with Crippen LogP contribution < -0.4 is 5.32 Å². The molecule has 1 heterocycles. The van der Waals surface area contributed by atoms with Gasteiger partial charge < -0.3 is 9.88 Å². The van der Waals surface area contributed by atoms with Crippen LogP contribution in [0.15, 0.2) is 18.2 Å². The third kappa shape index (κ3) is 2.70. The molecule has 1 aromatic carbocycles. The lowest BCUT2D eigenvalue weighted by Crippen LogP contribution is -2.35. The minimum Gasteiger partial charge on any atom is -0.327 e. The summed E-state index contributed by atoms with van der Waals surface area (Å²) in [5.74, 6) is 0.714. The predicted octanol–water partition coefficient (Wildman–Crippen LogP) is 3.08. The highest BCUT2D eigenvalue weighted by molar-refractivity contribution is 5.76. The number of fused-ring (bicyclic) bond motifs is 1. The molecule has 18 heavy (non-hydrogen) atoms. The molecule has 2 rings (SSSR count). The first-order chi connectivity index (χ1) is 8.40. The molecule has 2 aromatic rings.